The van der Waals surface area contributed by atoms with Crippen LogP contribution in [-0.4, -0.2) is 30.2 Å². The number of nitrogens with one attached hydrogen (secondary N) is 1. The van der Waals surface area contributed by atoms with Crippen LogP contribution in [0.15, 0.2) is 15.9 Å². The summed E-state index contributed by atoms with van der Waals surface area (Å²) in [5, 5.41) is 11.7. The Morgan fingerprint density at radius 2 is 2.43 bits per heavy atom. The number of rotatable bonds is 4. The summed E-state index contributed by atoms with van der Waals surface area (Å²) in [5.41, 5.74) is 5.19. The van der Waals surface area contributed by atoms with Gasteiger partial charge >= 0.3 is 0 Å². The second kappa shape index (κ2) is 5.45. The van der Waals surface area contributed by atoms with Crippen LogP contribution in [0.5, 0.6) is 0 Å². The maximum absolute atomic E-state index is 11.4. The summed E-state index contributed by atoms with van der Waals surface area (Å²) in [4.78, 5) is 12.0. The van der Waals surface area contributed by atoms with Crippen molar-refractivity contribution < 1.29 is 9.90 Å². The number of carbonyl (C=O) groups is 1. The number of hydrogen-bond acceptors (Lipinski definition) is 4. The third-order valence-corrected chi connectivity index (χ3v) is 3.19. The first kappa shape index (κ1) is 11.6. The fraction of sp³-hybridized carbons (Fsp3) is 0.375. The summed E-state index contributed by atoms with van der Waals surface area (Å²) in [6.07, 6.45) is -0.678. The first-order valence-electron chi connectivity index (χ1n) is 4.05. The Morgan fingerprint density at radius 3 is 2.93 bits per heavy atom. The number of nitrogens with two attached hydrogens (primary N) is 1. The average Bonchev–Trinajstić information content (AvgIpc) is 2.60. The normalized spacial score (nSPS) is 12.5. The van der Waals surface area contributed by atoms with Crippen molar-refractivity contribution in [2.45, 2.75) is 6.10 Å². The largest absolute Gasteiger partial charge is 0.390 e. The molecular weight excluding hydrogens is 268 g/mol. The van der Waals surface area contributed by atoms with Crippen LogP contribution in [0.25, 0.3) is 0 Å². The molecular formula is C8H11BrN2O2S. The number of amides is 1. The predicted molar refractivity (Wildman–Crippen MR) is 59.4 cm³/mol. The van der Waals surface area contributed by atoms with Crippen molar-refractivity contribution in [3.05, 3.63) is 20.8 Å². The summed E-state index contributed by atoms with van der Waals surface area (Å²) in [6.45, 7) is 0.333. The van der Waals surface area contributed by atoms with Crippen LogP contribution in [-0.2, 0) is 0 Å². The van der Waals surface area contributed by atoms with E-state index in [-0.39, 0.29) is 19.0 Å². The van der Waals surface area contributed by atoms with Gasteiger partial charge in [0, 0.05) is 13.1 Å². The molecule has 1 rings (SSSR count). The molecule has 1 atom stereocenters. The molecule has 1 unspecified atom stereocenters. The highest BCUT2D eigenvalue weighted by molar-refractivity contribution is 9.11. The number of halogens is 1. The van der Waals surface area contributed by atoms with Crippen LogP contribution in [0, 0.1) is 0 Å². The minimum atomic E-state index is -0.678. The zero-order valence-corrected chi connectivity index (χ0v) is 9.77. The lowest BCUT2D eigenvalue weighted by Gasteiger charge is -2.07. The van der Waals surface area contributed by atoms with Gasteiger partial charge in [-0.05, 0) is 28.1 Å². The summed E-state index contributed by atoms with van der Waals surface area (Å²) < 4.78 is 0.905. The highest BCUT2D eigenvalue weighted by Gasteiger charge is 2.09. The van der Waals surface area contributed by atoms with E-state index in [1.54, 1.807) is 12.1 Å². The smallest absolute Gasteiger partial charge is 0.261 e. The van der Waals surface area contributed by atoms with Crippen molar-refractivity contribution in [3.63, 3.8) is 0 Å². The molecule has 0 saturated heterocycles. The van der Waals surface area contributed by atoms with Crippen molar-refractivity contribution in [2.75, 3.05) is 13.1 Å². The molecule has 1 heterocycles. The van der Waals surface area contributed by atoms with Crippen molar-refractivity contribution in [1.82, 2.24) is 5.32 Å². The number of hydrogen-bond donors (Lipinski definition) is 3. The second-order valence-corrected chi connectivity index (χ2v) is 5.17. The molecule has 1 aromatic rings. The number of aliphatic hydroxyl groups excluding tert-OH is 1. The lowest BCUT2D eigenvalue weighted by atomic mass is 10.3. The van der Waals surface area contributed by atoms with Crippen molar-refractivity contribution in [1.29, 1.82) is 0 Å². The number of aliphatic hydroxyl groups is 1. The first-order valence-corrected chi connectivity index (χ1v) is 5.66. The van der Waals surface area contributed by atoms with Crippen LogP contribution < -0.4 is 11.1 Å². The zero-order valence-electron chi connectivity index (χ0n) is 7.37. The highest BCUT2D eigenvalue weighted by atomic mass is 79.9. The van der Waals surface area contributed by atoms with Crippen LogP contribution >= 0.6 is 27.3 Å². The van der Waals surface area contributed by atoms with Gasteiger partial charge in [0.1, 0.15) is 0 Å². The fourth-order valence-corrected chi connectivity index (χ4v) is 2.12. The molecule has 1 amide bonds. The quantitative estimate of drug-likeness (QED) is 0.754. The number of carbonyl (C=O) groups excluding carboxylic acids is 1. The first-order chi connectivity index (χ1) is 6.63. The van der Waals surface area contributed by atoms with Crippen LogP contribution in [0.1, 0.15) is 9.67 Å². The Bertz CT molecular complexity index is 316. The maximum Gasteiger partial charge on any atom is 0.261 e. The van der Waals surface area contributed by atoms with Gasteiger partial charge in [0.2, 0.25) is 0 Å². The Hall–Kier alpha value is -0.430. The molecule has 14 heavy (non-hydrogen) atoms. The molecule has 0 radical (unpaired) electrons. The van der Waals surface area contributed by atoms with E-state index < -0.39 is 6.10 Å². The molecule has 0 aliphatic heterocycles. The van der Waals surface area contributed by atoms with E-state index in [9.17, 15) is 4.79 Å². The molecule has 0 fully saturated rings. The summed E-state index contributed by atoms with van der Waals surface area (Å²) in [6, 6.07) is 3.53. The van der Waals surface area contributed by atoms with E-state index in [0.29, 0.717) is 4.88 Å². The van der Waals surface area contributed by atoms with E-state index in [4.69, 9.17) is 10.8 Å². The third-order valence-electron chi connectivity index (χ3n) is 1.57. The minimum absolute atomic E-state index is 0.147. The molecule has 4 N–H and O–H groups in total. The third kappa shape index (κ3) is 3.38. The molecule has 0 bridgehead atoms. The standard InChI is InChI=1S/C8H11BrN2O2S/c9-7-2-1-6(14-7)8(13)11-4-5(12)3-10/h1-2,5,12H,3-4,10H2,(H,11,13). The Kier molecular flexibility index (Phi) is 4.53. The van der Waals surface area contributed by atoms with E-state index in [1.807, 2.05) is 0 Å². The lowest BCUT2D eigenvalue weighted by Crippen LogP contribution is -2.35. The van der Waals surface area contributed by atoms with E-state index >= 15 is 0 Å². The van der Waals surface area contributed by atoms with Gasteiger partial charge in [-0.2, -0.15) is 0 Å². The van der Waals surface area contributed by atoms with Crippen LogP contribution in [0.4, 0.5) is 0 Å². The van der Waals surface area contributed by atoms with Crippen molar-refractivity contribution in [2.24, 2.45) is 5.73 Å². The highest BCUT2D eigenvalue weighted by Crippen LogP contribution is 2.21. The molecule has 6 heteroatoms. The molecule has 1 aromatic heterocycles. The summed E-state index contributed by atoms with van der Waals surface area (Å²) in [5.74, 6) is -0.187. The minimum Gasteiger partial charge on any atom is -0.390 e. The SMILES string of the molecule is NCC(O)CNC(=O)c1ccc(Br)s1. The van der Waals surface area contributed by atoms with Gasteiger partial charge < -0.3 is 16.2 Å². The van der Waals surface area contributed by atoms with Crippen molar-refractivity contribution in [3.8, 4) is 0 Å². The van der Waals surface area contributed by atoms with E-state index in [2.05, 4.69) is 21.2 Å². The average molecular weight is 279 g/mol. The second-order valence-electron chi connectivity index (χ2n) is 2.70. The van der Waals surface area contributed by atoms with Gasteiger partial charge in [-0.15, -0.1) is 11.3 Å². The van der Waals surface area contributed by atoms with Gasteiger partial charge in [0.15, 0.2) is 0 Å². The Labute approximate surface area is 94.2 Å². The zero-order chi connectivity index (χ0) is 10.6. The topological polar surface area (TPSA) is 75.3 Å². The van der Waals surface area contributed by atoms with Gasteiger partial charge in [0.05, 0.1) is 14.8 Å². The molecule has 0 aromatic carbocycles. The van der Waals surface area contributed by atoms with Gasteiger partial charge in [-0.25, -0.2) is 0 Å². The monoisotopic (exact) mass is 278 g/mol. The van der Waals surface area contributed by atoms with Gasteiger partial charge in [-0.3, -0.25) is 4.79 Å². The molecule has 0 spiro atoms. The Balaban J connectivity index is 2.43. The number of thiophene rings is 1. The lowest BCUT2D eigenvalue weighted by molar-refractivity contribution is 0.0924. The molecule has 78 valence electrons. The molecule has 0 saturated carbocycles. The fourth-order valence-electron chi connectivity index (χ4n) is 0.817. The molecule has 0 aliphatic carbocycles. The maximum atomic E-state index is 11.4. The van der Waals surface area contributed by atoms with Crippen LogP contribution in [0.3, 0.4) is 0 Å². The molecule has 4 nitrogen and oxygen atoms in total. The predicted octanol–water partition coefficient (Wildman–Crippen LogP) is 0.560. The van der Waals surface area contributed by atoms with Gasteiger partial charge in [0.25, 0.3) is 5.91 Å². The summed E-state index contributed by atoms with van der Waals surface area (Å²) in [7, 11) is 0. The van der Waals surface area contributed by atoms with Gasteiger partial charge in [-0.1, -0.05) is 0 Å². The van der Waals surface area contributed by atoms with Crippen molar-refractivity contribution >= 4 is 33.2 Å². The molecule has 0 aliphatic rings. The van der Waals surface area contributed by atoms with E-state index in [1.165, 1.54) is 11.3 Å². The summed E-state index contributed by atoms with van der Waals surface area (Å²) >= 11 is 4.61. The van der Waals surface area contributed by atoms with E-state index in [0.717, 1.165) is 3.79 Å². The Morgan fingerprint density at radius 1 is 1.71 bits per heavy atom. The van der Waals surface area contributed by atoms with Crippen LogP contribution in [0.2, 0.25) is 0 Å².